The molecule has 426 valence electrons. The molecule has 2 aromatic carbocycles. The molecule has 2 bridgehead atoms. The summed E-state index contributed by atoms with van der Waals surface area (Å²) in [6, 6.07) is 18.7. The van der Waals surface area contributed by atoms with Crippen molar-refractivity contribution in [2.45, 2.75) is 109 Å². The molecule has 4 fully saturated rings. The average molecular weight is 1100 g/mol. The summed E-state index contributed by atoms with van der Waals surface area (Å²) in [6.07, 6.45) is 6.38. The summed E-state index contributed by atoms with van der Waals surface area (Å²) >= 11 is 0. The van der Waals surface area contributed by atoms with Gasteiger partial charge in [-0.1, -0.05) is 43.5 Å². The van der Waals surface area contributed by atoms with Gasteiger partial charge in [0.2, 0.25) is 11.8 Å². The first-order valence-corrected chi connectivity index (χ1v) is 26.5. The Morgan fingerprint density at radius 2 is 1.66 bits per heavy atom. The van der Waals surface area contributed by atoms with Crippen molar-refractivity contribution in [1.82, 2.24) is 35.6 Å². The van der Waals surface area contributed by atoms with E-state index in [1.54, 1.807) is 42.5 Å². The SMILES string of the molecule is COCOc1ccccc1-c1cc(N2CC3CCC(C2)N3c2ccnc(OCCN3CCN(C(=O)OC(C)(C)C)C[C@H]3C)c2)c(NC(=O)OCc2ccc(NC(=O)[C@H](CCCNC(N)=O)NC(=O)C3([C-]=O)CCC3)cc2)nn1.[Li+].[OH-]. The van der Waals surface area contributed by atoms with Crippen molar-refractivity contribution in [2.24, 2.45) is 11.1 Å². The fourth-order valence-electron chi connectivity index (χ4n) is 10.2. The molecule has 25 heteroatoms. The van der Waals surface area contributed by atoms with E-state index in [4.69, 9.17) is 29.4 Å². The monoisotopic (exact) mass is 1100 g/mol. The average Bonchev–Trinajstić information content (AvgIpc) is 3.72. The van der Waals surface area contributed by atoms with Gasteiger partial charge in [-0.2, -0.15) is 0 Å². The largest absolute Gasteiger partial charge is 1.00 e. The van der Waals surface area contributed by atoms with E-state index in [0.717, 1.165) is 18.5 Å². The number of para-hydroxylation sites is 1. The minimum absolute atomic E-state index is 0. The molecule has 3 aliphatic heterocycles. The molecule has 0 radical (unpaired) electrons. The van der Waals surface area contributed by atoms with Crippen LogP contribution in [0.2, 0.25) is 0 Å². The number of anilines is 4. The number of carbonyl (C=O) groups is 5. The summed E-state index contributed by atoms with van der Waals surface area (Å²) in [5, 5.41) is 19.9. The topological polar surface area (TPSA) is 304 Å². The minimum Gasteiger partial charge on any atom is -0.870 e. The zero-order chi connectivity index (χ0) is 55.4. The molecule has 8 rings (SSSR count). The van der Waals surface area contributed by atoms with Crippen LogP contribution in [0, 0.1) is 5.41 Å². The van der Waals surface area contributed by atoms with E-state index in [1.165, 1.54) is 0 Å². The van der Waals surface area contributed by atoms with E-state index in [-0.39, 0.29) is 80.7 Å². The van der Waals surface area contributed by atoms with Crippen molar-refractivity contribution in [1.29, 1.82) is 0 Å². The molecule has 4 aromatic rings. The van der Waals surface area contributed by atoms with Crippen molar-refractivity contribution in [3.05, 3.63) is 78.5 Å². The van der Waals surface area contributed by atoms with Crippen LogP contribution in [0.25, 0.3) is 11.3 Å². The second kappa shape index (κ2) is 28.3. The number of nitrogens with two attached hydrogens (primary N) is 1. The summed E-state index contributed by atoms with van der Waals surface area (Å²) in [5.74, 6) is 0.225. The third kappa shape index (κ3) is 16.0. The fraction of sp³-hybridized carbons (Fsp3) is 0.509. The van der Waals surface area contributed by atoms with Gasteiger partial charge in [0.05, 0.1) is 11.4 Å². The van der Waals surface area contributed by atoms with Crippen LogP contribution < -0.4 is 65.1 Å². The Labute approximate surface area is 478 Å². The van der Waals surface area contributed by atoms with E-state index in [9.17, 15) is 28.8 Å². The van der Waals surface area contributed by atoms with Crippen LogP contribution in [0.3, 0.4) is 0 Å². The molecule has 80 heavy (non-hydrogen) atoms. The summed E-state index contributed by atoms with van der Waals surface area (Å²) in [5.41, 5.74) is 7.29. The Morgan fingerprint density at radius 3 is 2.33 bits per heavy atom. The van der Waals surface area contributed by atoms with Gasteiger partial charge >= 0.3 is 37.1 Å². The molecule has 2 aromatic heterocycles. The summed E-state index contributed by atoms with van der Waals surface area (Å²) in [7, 11) is 1.55. The Bertz CT molecular complexity index is 2750. The number of nitrogens with zero attached hydrogens (tertiary/aromatic N) is 7. The van der Waals surface area contributed by atoms with Crippen LogP contribution in [0.4, 0.5) is 37.3 Å². The maximum Gasteiger partial charge on any atom is 1.00 e. The number of pyridine rings is 1. The third-order valence-electron chi connectivity index (χ3n) is 14.4. The molecule has 24 nitrogen and oxygen atoms in total. The number of methoxy groups -OCH3 is 1. The summed E-state index contributed by atoms with van der Waals surface area (Å²) in [4.78, 5) is 89.0. The summed E-state index contributed by atoms with van der Waals surface area (Å²) < 4.78 is 28.6. The molecule has 1 aliphatic carbocycles. The number of amides is 6. The van der Waals surface area contributed by atoms with Crippen molar-refractivity contribution in [3.63, 3.8) is 0 Å². The molecule has 4 aliphatic rings. The number of primary amides is 1. The number of hydrogen-bond acceptors (Lipinski definition) is 18. The zero-order valence-electron chi connectivity index (χ0n) is 46.4. The normalized spacial score (nSPS) is 18.7. The van der Waals surface area contributed by atoms with Gasteiger partial charge in [0.25, 0.3) is 0 Å². The van der Waals surface area contributed by atoms with E-state index < -0.39 is 41.0 Å². The van der Waals surface area contributed by atoms with Crippen molar-refractivity contribution < 1.29 is 76.8 Å². The Morgan fingerprint density at radius 1 is 0.925 bits per heavy atom. The first-order valence-electron chi connectivity index (χ1n) is 26.5. The number of hydrogen-bond donors (Lipinski definition) is 5. The standard InChI is InChI=1S/C55H71N12O11.Li.H2O/c1-36-30-65(53(73)78-54(2,3)4)25-24-64(36)26-27-75-47-28-39(19-23-57-47)67-40-17-18-41(67)32-66(31-40)45-29-44(42-10-6-7-12-46(42)77-35-74-5)62-63-48(45)61-52(72)76-33-37-13-15-38(16-14-37)59-49(69)43(11-8-22-58-51(56)71)60-50(70)55(34-68)20-9-21-55;;/h6-7,10,12-16,19,23,28-29,36,40-41,43H,8-9,11,17-18,20-22,24-27,30-33,35H2,1-5H3,(H,59,69)(H,60,70)(H3,56,58,71)(H,61,63,72);;1H2/q-1;+1;/p-1/t36-,40?,41?,43+;;/m1../s1. The molecular formula is C55H72LiN12O12-. The number of urea groups is 1. The number of rotatable bonds is 22. The van der Waals surface area contributed by atoms with Crippen LogP contribution in [-0.4, -0.2) is 163 Å². The van der Waals surface area contributed by atoms with Gasteiger partial charge in [0.1, 0.15) is 30.6 Å². The first-order chi connectivity index (χ1) is 37.5. The number of carbonyl (C=O) groups excluding carboxylic acids is 6. The van der Waals surface area contributed by atoms with E-state index in [0.29, 0.717) is 111 Å². The number of aromatic nitrogens is 3. The van der Waals surface area contributed by atoms with Crippen LogP contribution >= 0.6 is 0 Å². The van der Waals surface area contributed by atoms with Crippen LogP contribution in [0.1, 0.15) is 78.2 Å². The Balaban J connectivity index is 0.00000516. The van der Waals surface area contributed by atoms with Gasteiger partial charge < -0.3 is 70.3 Å². The molecule has 5 heterocycles. The van der Waals surface area contributed by atoms with Crippen LogP contribution in [0.15, 0.2) is 72.9 Å². The smallest absolute Gasteiger partial charge is 0.870 e. The molecule has 2 unspecified atom stereocenters. The van der Waals surface area contributed by atoms with E-state index in [1.807, 2.05) is 69.5 Å². The minimum atomic E-state index is -1.27. The first kappa shape index (κ1) is 62.0. The molecule has 1 saturated carbocycles. The molecule has 3 saturated heterocycles. The Hall–Kier alpha value is -7.23. The molecule has 4 atom stereocenters. The molecule has 6 amide bonds. The van der Waals surface area contributed by atoms with E-state index >= 15 is 0 Å². The third-order valence-corrected chi connectivity index (χ3v) is 14.4. The predicted octanol–water partition coefficient (Wildman–Crippen LogP) is 2.43. The van der Waals surface area contributed by atoms with Crippen LogP contribution in [0.5, 0.6) is 11.6 Å². The maximum absolute atomic E-state index is 13.6. The second-order valence-electron chi connectivity index (χ2n) is 21.1. The second-order valence-corrected chi connectivity index (χ2v) is 21.1. The van der Waals surface area contributed by atoms with Gasteiger partial charge in [-0.15, -0.1) is 10.2 Å². The molecule has 7 N–H and O–H groups in total. The van der Waals surface area contributed by atoms with Gasteiger partial charge in [0, 0.05) is 100 Å². The summed E-state index contributed by atoms with van der Waals surface area (Å²) in [6.45, 7) is 12.0. The number of nitrogens with one attached hydrogen (secondary N) is 4. The van der Waals surface area contributed by atoms with Gasteiger partial charge in [-0.25, -0.2) is 25.7 Å². The zero-order valence-corrected chi connectivity index (χ0v) is 46.4. The maximum atomic E-state index is 13.6. The van der Waals surface area contributed by atoms with Crippen molar-refractivity contribution >= 4 is 59.2 Å². The number of benzene rings is 2. The quantitative estimate of drug-likeness (QED) is 0.0248. The fourth-order valence-corrected chi connectivity index (χ4v) is 10.2. The van der Waals surface area contributed by atoms with Crippen molar-refractivity contribution in [2.75, 3.05) is 86.8 Å². The molecular weight excluding hydrogens is 1030 g/mol. The number of fused-ring (bicyclic) bond motifs is 2. The van der Waals surface area contributed by atoms with Gasteiger partial charge in [-0.3, -0.25) is 19.8 Å². The molecule has 0 spiro atoms. The van der Waals surface area contributed by atoms with Gasteiger partial charge in [0.15, 0.2) is 18.5 Å². The van der Waals surface area contributed by atoms with E-state index in [2.05, 4.69) is 58.1 Å². The van der Waals surface area contributed by atoms with Crippen LogP contribution in [-0.2, 0) is 35.2 Å². The number of piperazine rings is 2. The van der Waals surface area contributed by atoms with Crippen molar-refractivity contribution in [3.8, 4) is 22.9 Å². The Kier molecular flexibility index (Phi) is 21.9. The number of ether oxygens (including phenoxy) is 5. The predicted molar refractivity (Wildman–Crippen MR) is 292 cm³/mol. The van der Waals surface area contributed by atoms with Gasteiger partial charge in [-0.05, 0) is 101 Å².